The zero-order valence-electron chi connectivity index (χ0n) is 13.7. The molecule has 0 aliphatic heterocycles. The van der Waals surface area contributed by atoms with Crippen LogP contribution < -0.4 is 5.56 Å². The van der Waals surface area contributed by atoms with Gasteiger partial charge in [-0.25, -0.2) is 9.97 Å². The van der Waals surface area contributed by atoms with Crippen LogP contribution in [0.4, 0.5) is 0 Å². The zero-order chi connectivity index (χ0) is 19.0. The second kappa shape index (κ2) is 7.10. The molecule has 0 atom stereocenters. The van der Waals surface area contributed by atoms with Gasteiger partial charge in [-0.15, -0.1) is 0 Å². The molecule has 0 spiro atoms. The second-order valence-corrected chi connectivity index (χ2v) is 7.41. The minimum absolute atomic E-state index is 0.195. The number of aromatic nitrogens is 3. The average Bonchev–Trinajstić information content (AvgIpc) is 2.66. The Hall–Kier alpha value is -2.76. The van der Waals surface area contributed by atoms with Gasteiger partial charge in [-0.3, -0.25) is 4.79 Å². The summed E-state index contributed by atoms with van der Waals surface area (Å²) < 4.78 is 0.935. The number of allylic oxidation sites excluding steroid dienone is 1. The van der Waals surface area contributed by atoms with Crippen LogP contribution in [0, 0.1) is 14.9 Å². The number of aromatic amines is 1. The summed E-state index contributed by atoms with van der Waals surface area (Å²) in [5.41, 5.74) is 1.78. The van der Waals surface area contributed by atoms with Gasteiger partial charge in [-0.2, -0.15) is 5.26 Å². The van der Waals surface area contributed by atoms with E-state index in [1.807, 2.05) is 36.4 Å². The second-order valence-electron chi connectivity index (χ2n) is 5.81. The number of para-hydroxylation sites is 1. The number of fused-ring (bicyclic) bond motifs is 2. The van der Waals surface area contributed by atoms with Crippen molar-refractivity contribution in [1.82, 2.24) is 15.0 Å². The molecule has 0 unspecified atom stereocenters. The number of hydrogen-bond donors (Lipinski definition) is 1. The van der Waals surface area contributed by atoms with Crippen LogP contribution in [0.3, 0.4) is 0 Å². The Kier molecular flexibility index (Phi) is 4.64. The van der Waals surface area contributed by atoms with Crippen molar-refractivity contribution in [2.45, 2.75) is 0 Å². The maximum absolute atomic E-state index is 12.4. The maximum atomic E-state index is 12.4. The number of nitrogens with zero attached hydrogens (tertiary/aromatic N) is 3. The molecule has 2 aromatic carbocycles. The van der Waals surface area contributed by atoms with Crippen molar-refractivity contribution in [3.05, 3.63) is 79.0 Å². The lowest BCUT2D eigenvalue weighted by Crippen LogP contribution is -2.11. The third-order valence-electron chi connectivity index (χ3n) is 4.05. The molecule has 4 aromatic rings. The zero-order valence-corrected chi connectivity index (χ0v) is 16.6. The Morgan fingerprint density at radius 2 is 1.96 bits per heavy atom. The topological polar surface area (TPSA) is 82.4 Å². The van der Waals surface area contributed by atoms with Gasteiger partial charge in [0.25, 0.3) is 5.56 Å². The highest BCUT2D eigenvalue weighted by Crippen LogP contribution is 2.24. The molecule has 27 heavy (non-hydrogen) atoms. The monoisotopic (exact) mass is 484 g/mol. The summed E-state index contributed by atoms with van der Waals surface area (Å²) in [5.74, 6) is 0.195. The quantitative estimate of drug-likeness (QED) is 0.252. The number of rotatable bonds is 2. The van der Waals surface area contributed by atoms with Crippen LogP contribution in [0.5, 0.6) is 0 Å². The summed E-state index contributed by atoms with van der Waals surface area (Å²) in [6, 6.07) is 16.9. The van der Waals surface area contributed by atoms with E-state index in [1.54, 1.807) is 18.2 Å². The first-order chi connectivity index (χ1) is 13.0. The van der Waals surface area contributed by atoms with Crippen LogP contribution in [0.1, 0.15) is 11.4 Å². The van der Waals surface area contributed by atoms with Crippen LogP contribution in [-0.4, -0.2) is 15.0 Å². The average molecular weight is 485 g/mol. The normalized spacial score (nSPS) is 11.7. The van der Waals surface area contributed by atoms with Gasteiger partial charge in [0.15, 0.2) is 5.82 Å². The first-order valence-corrected chi connectivity index (χ1v) is 9.38. The van der Waals surface area contributed by atoms with Crippen LogP contribution in [-0.2, 0) is 0 Å². The molecule has 0 aliphatic carbocycles. The fraction of sp³-hybridized carbons (Fsp3) is 0. The van der Waals surface area contributed by atoms with Crippen molar-refractivity contribution in [2.75, 3.05) is 0 Å². The lowest BCUT2D eigenvalue weighted by Gasteiger charge is -2.05. The van der Waals surface area contributed by atoms with Crippen molar-refractivity contribution < 1.29 is 0 Å². The van der Waals surface area contributed by atoms with Gasteiger partial charge < -0.3 is 4.98 Å². The summed E-state index contributed by atoms with van der Waals surface area (Å²) in [6.07, 6.45) is 1.58. The molecule has 0 aliphatic rings. The standard InChI is InChI=1S/C20H10ClIN4O/c21-18-12(7-11-3-1-2-4-16(11)24-18)8-13(10-23)19-25-17-6-5-14(22)9-15(17)20(27)26-19/h1-9H,(H,25,26,27)/b13-8+. The first kappa shape index (κ1) is 17.6. The van der Waals surface area contributed by atoms with Gasteiger partial charge in [0, 0.05) is 14.5 Å². The predicted molar refractivity (Wildman–Crippen MR) is 115 cm³/mol. The molecule has 0 amide bonds. The smallest absolute Gasteiger partial charge is 0.259 e. The van der Waals surface area contributed by atoms with Gasteiger partial charge in [0.1, 0.15) is 11.2 Å². The maximum Gasteiger partial charge on any atom is 0.259 e. The number of halogens is 2. The van der Waals surface area contributed by atoms with Crippen LogP contribution in [0.15, 0.2) is 53.3 Å². The summed E-state index contributed by atoms with van der Waals surface area (Å²) in [6.45, 7) is 0. The van der Waals surface area contributed by atoms with Crippen LogP contribution >= 0.6 is 34.2 Å². The Labute approximate surface area is 172 Å². The van der Waals surface area contributed by atoms with Crippen molar-refractivity contribution >= 4 is 67.6 Å². The lowest BCUT2D eigenvalue weighted by molar-refractivity contribution is 1.13. The van der Waals surface area contributed by atoms with Crippen molar-refractivity contribution in [3.8, 4) is 6.07 Å². The molecule has 130 valence electrons. The van der Waals surface area contributed by atoms with E-state index in [4.69, 9.17) is 11.6 Å². The molecular formula is C20H10ClIN4O. The summed E-state index contributed by atoms with van der Waals surface area (Å²) in [4.78, 5) is 23.8. The third kappa shape index (κ3) is 3.44. The fourth-order valence-electron chi connectivity index (χ4n) is 2.76. The summed E-state index contributed by atoms with van der Waals surface area (Å²) in [5, 5.41) is 11.3. The van der Waals surface area contributed by atoms with Crippen LogP contribution in [0.2, 0.25) is 5.15 Å². The van der Waals surface area contributed by atoms with E-state index in [2.05, 4.69) is 43.6 Å². The minimum atomic E-state index is -0.294. The largest absolute Gasteiger partial charge is 0.305 e. The Morgan fingerprint density at radius 3 is 2.78 bits per heavy atom. The molecule has 5 nitrogen and oxygen atoms in total. The molecule has 0 saturated carbocycles. The highest BCUT2D eigenvalue weighted by Gasteiger charge is 2.11. The van der Waals surface area contributed by atoms with Crippen LogP contribution in [0.25, 0.3) is 33.5 Å². The molecule has 0 radical (unpaired) electrons. The molecule has 0 fully saturated rings. The van der Waals surface area contributed by atoms with Gasteiger partial charge in [0.2, 0.25) is 0 Å². The Morgan fingerprint density at radius 1 is 1.15 bits per heavy atom. The molecule has 7 heteroatoms. The number of pyridine rings is 1. The van der Waals surface area contributed by atoms with E-state index in [0.717, 1.165) is 14.5 Å². The molecule has 2 heterocycles. The highest BCUT2D eigenvalue weighted by molar-refractivity contribution is 14.1. The predicted octanol–water partition coefficient (Wildman–Crippen LogP) is 4.79. The molecule has 0 saturated heterocycles. The van der Waals surface area contributed by atoms with E-state index in [9.17, 15) is 10.1 Å². The van der Waals surface area contributed by atoms with E-state index in [1.165, 1.54) is 0 Å². The summed E-state index contributed by atoms with van der Waals surface area (Å²) >= 11 is 8.41. The fourth-order valence-corrected chi connectivity index (χ4v) is 3.45. The van der Waals surface area contributed by atoms with Gasteiger partial charge >= 0.3 is 0 Å². The molecular weight excluding hydrogens is 475 g/mol. The molecule has 2 aromatic heterocycles. The number of nitriles is 1. The first-order valence-electron chi connectivity index (χ1n) is 7.92. The molecule has 4 rings (SSSR count). The van der Waals surface area contributed by atoms with E-state index in [0.29, 0.717) is 16.5 Å². The lowest BCUT2D eigenvalue weighted by atomic mass is 10.1. The molecule has 1 N–H and O–H groups in total. The van der Waals surface area contributed by atoms with Gasteiger partial charge in [-0.05, 0) is 59.0 Å². The number of nitrogens with one attached hydrogen (secondary N) is 1. The van der Waals surface area contributed by atoms with Crippen molar-refractivity contribution in [3.63, 3.8) is 0 Å². The van der Waals surface area contributed by atoms with Crippen molar-refractivity contribution in [1.29, 1.82) is 5.26 Å². The van der Waals surface area contributed by atoms with E-state index >= 15 is 0 Å². The number of H-pyrrole nitrogens is 1. The minimum Gasteiger partial charge on any atom is -0.305 e. The van der Waals surface area contributed by atoms with E-state index in [-0.39, 0.29) is 22.1 Å². The summed E-state index contributed by atoms with van der Waals surface area (Å²) in [7, 11) is 0. The molecule has 0 bridgehead atoms. The highest BCUT2D eigenvalue weighted by atomic mass is 127. The SMILES string of the molecule is N#C/C(=C\c1cc2ccccc2nc1Cl)c1nc2ccc(I)cc2c(=O)[nH]1. The van der Waals surface area contributed by atoms with E-state index < -0.39 is 0 Å². The third-order valence-corrected chi connectivity index (χ3v) is 5.02. The number of benzene rings is 2. The van der Waals surface area contributed by atoms with Crippen molar-refractivity contribution in [2.24, 2.45) is 0 Å². The van der Waals surface area contributed by atoms with Gasteiger partial charge in [-0.1, -0.05) is 29.8 Å². The Bertz CT molecular complexity index is 1340. The Balaban J connectivity index is 1.89. The number of hydrogen-bond acceptors (Lipinski definition) is 4. The van der Waals surface area contributed by atoms with Gasteiger partial charge in [0.05, 0.1) is 22.0 Å².